The zero-order chi connectivity index (χ0) is 18.9. The smallest absolute Gasteiger partial charge is 0.343 e. The second-order valence-electron chi connectivity index (χ2n) is 6.11. The van der Waals surface area contributed by atoms with E-state index in [-0.39, 0.29) is 24.0 Å². The fraction of sp³-hybridized carbons (Fsp3) is 0.450. The molecule has 0 aliphatic heterocycles. The largest absolute Gasteiger partial charge is 0.462 e. The van der Waals surface area contributed by atoms with Crippen molar-refractivity contribution >= 4 is 17.7 Å². The molecule has 6 nitrogen and oxygen atoms in total. The van der Waals surface area contributed by atoms with E-state index in [2.05, 4.69) is 17.3 Å². The van der Waals surface area contributed by atoms with Crippen molar-refractivity contribution in [1.82, 2.24) is 9.78 Å². The van der Waals surface area contributed by atoms with Gasteiger partial charge in [-0.3, -0.25) is 4.79 Å². The molecule has 26 heavy (non-hydrogen) atoms. The van der Waals surface area contributed by atoms with Crippen molar-refractivity contribution in [2.45, 2.75) is 46.5 Å². The summed E-state index contributed by atoms with van der Waals surface area (Å²) in [7, 11) is 0. The quantitative estimate of drug-likeness (QED) is 0.683. The van der Waals surface area contributed by atoms with Crippen molar-refractivity contribution in [2.75, 3.05) is 11.9 Å². The highest BCUT2D eigenvalue weighted by Crippen LogP contribution is 2.23. The van der Waals surface area contributed by atoms with Crippen molar-refractivity contribution in [3.05, 3.63) is 42.1 Å². The summed E-state index contributed by atoms with van der Waals surface area (Å²) in [5.74, 6) is -0.325. The number of unbranched alkanes of at least 4 members (excludes halogenated alkanes) is 1. The van der Waals surface area contributed by atoms with Crippen LogP contribution in [0.5, 0.6) is 0 Å². The van der Waals surface area contributed by atoms with E-state index in [1.807, 2.05) is 37.3 Å². The number of esters is 1. The summed E-state index contributed by atoms with van der Waals surface area (Å²) < 4.78 is 6.67. The number of hydrogen-bond acceptors (Lipinski definition) is 4. The lowest BCUT2D eigenvalue weighted by atomic mass is 9.98. The van der Waals surface area contributed by atoms with E-state index < -0.39 is 5.97 Å². The van der Waals surface area contributed by atoms with Gasteiger partial charge in [0.1, 0.15) is 5.56 Å². The third kappa shape index (κ3) is 4.71. The van der Waals surface area contributed by atoms with E-state index in [1.165, 1.54) is 6.20 Å². The normalized spacial score (nSPS) is 11.8. The van der Waals surface area contributed by atoms with Crippen LogP contribution in [0, 0.1) is 5.92 Å². The number of nitrogens with zero attached hydrogens (tertiary/aromatic N) is 2. The third-order valence-electron chi connectivity index (χ3n) is 4.28. The maximum atomic E-state index is 12.8. The summed E-state index contributed by atoms with van der Waals surface area (Å²) >= 11 is 0. The lowest BCUT2D eigenvalue weighted by molar-refractivity contribution is -0.120. The minimum Gasteiger partial charge on any atom is -0.462 e. The molecule has 1 unspecified atom stereocenters. The van der Waals surface area contributed by atoms with Crippen molar-refractivity contribution in [3.8, 4) is 5.69 Å². The molecule has 1 aromatic heterocycles. The second-order valence-corrected chi connectivity index (χ2v) is 6.11. The SMILES string of the molecule is CCCCC(CC)C(=O)Nc1c(C(=O)OCC)cnn1-c1ccccc1. The van der Waals surface area contributed by atoms with Crippen LogP contribution in [0.4, 0.5) is 5.82 Å². The average Bonchev–Trinajstić information content (AvgIpc) is 3.07. The highest BCUT2D eigenvalue weighted by Gasteiger charge is 2.24. The number of carbonyl (C=O) groups excluding carboxylic acids is 2. The monoisotopic (exact) mass is 357 g/mol. The topological polar surface area (TPSA) is 73.2 Å². The Kier molecular flexibility index (Phi) is 7.38. The summed E-state index contributed by atoms with van der Waals surface area (Å²) in [6.45, 7) is 6.11. The summed E-state index contributed by atoms with van der Waals surface area (Å²) in [6, 6.07) is 9.39. The molecule has 0 aliphatic rings. The standard InChI is InChI=1S/C20H27N3O3/c1-4-7-11-15(5-2)19(24)22-18-17(20(25)26-6-3)14-21-23(18)16-12-9-8-10-13-16/h8-10,12-15H,4-7,11H2,1-3H3,(H,22,24). The van der Waals surface area contributed by atoms with Gasteiger partial charge in [0.15, 0.2) is 5.82 Å². The van der Waals surface area contributed by atoms with Gasteiger partial charge in [0.2, 0.25) is 5.91 Å². The average molecular weight is 357 g/mol. The van der Waals surface area contributed by atoms with E-state index >= 15 is 0 Å². The predicted octanol–water partition coefficient (Wildman–Crippen LogP) is 4.20. The highest BCUT2D eigenvalue weighted by atomic mass is 16.5. The summed E-state index contributed by atoms with van der Waals surface area (Å²) in [5.41, 5.74) is 1.02. The number of benzene rings is 1. The molecule has 6 heteroatoms. The Balaban J connectivity index is 2.35. The number of nitrogens with one attached hydrogen (secondary N) is 1. The lowest BCUT2D eigenvalue weighted by Crippen LogP contribution is -2.25. The Hall–Kier alpha value is -2.63. The Morgan fingerprint density at radius 3 is 2.54 bits per heavy atom. The van der Waals surface area contributed by atoms with Crippen LogP contribution in [0.1, 0.15) is 56.8 Å². The Morgan fingerprint density at radius 1 is 1.19 bits per heavy atom. The van der Waals surface area contributed by atoms with Gasteiger partial charge in [-0.2, -0.15) is 5.10 Å². The molecular weight excluding hydrogens is 330 g/mol. The first kappa shape index (κ1) is 19.7. The maximum absolute atomic E-state index is 12.8. The molecule has 1 atom stereocenters. The van der Waals surface area contributed by atoms with Crippen LogP contribution in [0.3, 0.4) is 0 Å². The maximum Gasteiger partial charge on any atom is 0.343 e. The molecule has 0 fully saturated rings. The molecule has 1 heterocycles. The van der Waals surface area contributed by atoms with Gasteiger partial charge in [0.25, 0.3) is 0 Å². The van der Waals surface area contributed by atoms with E-state index in [9.17, 15) is 9.59 Å². The van der Waals surface area contributed by atoms with Crippen molar-refractivity contribution in [2.24, 2.45) is 5.92 Å². The van der Waals surface area contributed by atoms with Gasteiger partial charge in [-0.05, 0) is 31.9 Å². The molecule has 1 amide bonds. The van der Waals surface area contributed by atoms with Crippen LogP contribution in [0.15, 0.2) is 36.5 Å². The minimum absolute atomic E-state index is 0.0934. The minimum atomic E-state index is -0.494. The van der Waals surface area contributed by atoms with E-state index in [0.717, 1.165) is 31.4 Å². The van der Waals surface area contributed by atoms with Gasteiger partial charge < -0.3 is 10.1 Å². The van der Waals surface area contributed by atoms with Crippen LogP contribution in [-0.4, -0.2) is 28.3 Å². The fourth-order valence-corrected chi connectivity index (χ4v) is 2.78. The molecule has 0 radical (unpaired) electrons. The molecule has 0 saturated heterocycles. The number of ether oxygens (including phenoxy) is 1. The summed E-state index contributed by atoms with van der Waals surface area (Å²) in [4.78, 5) is 25.0. The van der Waals surface area contributed by atoms with Crippen LogP contribution >= 0.6 is 0 Å². The van der Waals surface area contributed by atoms with E-state index in [1.54, 1.807) is 11.6 Å². The van der Waals surface area contributed by atoms with Gasteiger partial charge >= 0.3 is 5.97 Å². The van der Waals surface area contributed by atoms with Crippen molar-refractivity contribution in [3.63, 3.8) is 0 Å². The van der Waals surface area contributed by atoms with Crippen LogP contribution in [0.2, 0.25) is 0 Å². The van der Waals surface area contributed by atoms with Crippen LogP contribution in [-0.2, 0) is 9.53 Å². The van der Waals surface area contributed by atoms with Gasteiger partial charge in [0.05, 0.1) is 18.5 Å². The Labute approximate surface area is 154 Å². The molecule has 0 saturated carbocycles. The zero-order valence-electron chi connectivity index (χ0n) is 15.7. The molecule has 1 aromatic carbocycles. The number of rotatable bonds is 9. The number of anilines is 1. The Bertz CT molecular complexity index is 725. The van der Waals surface area contributed by atoms with Gasteiger partial charge in [-0.25, -0.2) is 9.48 Å². The van der Waals surface area contributed by atoms with Gasteiger partial charge in [-0.15, -0.1) is 0 Å². The van der Waals surface area contributed by atoms with Crippen LogP contribution < -0.4 is 5.32 Å². The molecule has 0 bridgehead atoms. The number of para-hydroxylation sites is 1. The second kappa shape index (κ2) is 9.75. The zero-order valence-corrected chi connectivity index (χ0v) is 15.7. The summed E-state index contributed by atoms with van der Waals surface area (Å²) in [6.07, 6.45) is 5.05. The first-order chi connectivity index (χ1) is 12.6. The van der Waals surface area contributed by atoms with E-state index in [0.29, 0.717) is 5.82 Å². The molecule has 0 spiro atoms. The fourth-order valence-electron chi connectivity index (χ4n) is 2.78. The Morgan fingerprint density at radius 2 is 1.92 bits per heavy atom. The number of aromatic nitrogens is 2. The number of hydrogen-bond donors (Lipinski definition) is 1. The first-order valence-corrected chi connectivity index (χ1v) is 9.23. The molecule has 2 aromatic rings. The third-order valence-corrected chi connectivity index (χ3v) is 4.28. The molecular formula is C20H27N3O3. The van der Waals surface area contributed by atoms with Crippen molar-refractivity contribution < 1.29 is 14.3 Å². The first-order valence-electron chi connectivity index (χ1n) is 9.23. The summed E-state index contributed by atoms with van der Waals surface area (Å²) in [5, 5.41) is 7.21. The van der Waals surface area contributed by atoms with Gasteiger partial charge in [-0.1, -0.05) is 44.9 Å². The molecule has 140 valence electrons. The highest BCUT2D eigenvalue weighted by molar-refractivity contribution is 6.01. The number of carbonyl (C=O) groups is 2. The van der Waals surface area contributed by atoms with E-state index in [4.69, 9.17) is 4.74 Å². The number of amides is 1. The molecule has 2 rings (SSSR count). The lowest BCUT2D eigenvalue weighted by Gasteiger charge is -2.16. The van der Waals surface area contributed by atoms with Crippen molar-refractivity contribution in [1.29, 1.82) is 0 Å². The predicted molar refractivity (Wildman–Crippen MR) is 101 cm³/mol. The van der Waals surface area contributed by atoms with Gasteiger partial charge in [0, 0.05) is 5.92 Å². The molecule has 1 N–H and O–H groups in total. The molecule has 0 aliphatic carbocycles. The van der Waals surface area contributed by atoms with Crippen LogP contribution in [0.25, 0.3) is 5.69 Å².